The van der Waals surface area contributed by atoms with Crippen molar-refractivity contribution < 1.29 is 0 Å². The molecule has 3 nitrogen and oxygen atoms in total. The van der Waals surface area contributed by atoms with Gasteiger partial charge in [-0.1, -0.05) is 13.8 Å². The summed E-state index contributed by atoms with van der Waals surface area (Å²) in [7, 11) is 2.06. The third-order valence-corrected chi connectivity index (χ3v) is 3.72. The maximum atomic E-state index is 3.31. The highest BCUT2D eigenvalue weighted by Gasteiger charge is 2.19. The van der Waals surface area contributed by atoms with Crippen LogP contribution in [0.1, 0.15) is 26.7 Å². The van der Waals surface area contributed by atoms with Gasteiger partial charge in [-0.25, -0.2) is 0 Å². The number of rotatable bonds is 7. The van der Waals surface area contributed by atoms with Gasteiger partial charge in [0.15, 0.2) is 0 Å². The molecular weight excluding hydrogens is 198 g/mol. The third kappa shape index (κ3) is 4.81. The second-order valence-corrected chi connectivity index (χ2v) is 4.89. The van der Waals surface area contributed by atoms with Gasteiger partial charge in [0.2, 0.25) is 0 Å². The van der Waals surface area contributed by atoms with Gasteiger partial charge in [0.25, 0.3) is 0 Å². The Labute approximate surface area is 101 Å². The van der Waals surface area contributed by atoms with E-state index in [0.717, 1.165) is 5.92 Å². The second kappa shape index (κ2) is 8.04. The summed E-state index contributed by atoms with van der Waals surface area (Å²) < 4.78 is 0. The minimum Gasteiger partial charge on any atom is -0.319 e. The highest BCUT2D eigenvalue weighted by Crippen LogP contribution is 2.15. The zero-order valence-corrected chi connectivity index (χ0v) is 11.3. The van der Waals surface area contributed by atoms with Gasteiger partial charge in [-0.2, -0.15) is 0 Å². The van der Waals surface area contributed by atoms with E-state index in [1.165, 1.54) is 58.7 Å². The van der Waals surface area contributed by atoms with Crippen molar-refractivity contribution in [2.45, 2.75) is 26.7 Å². The van der Waals surface area contributed by atoms with Crippen LogP contribution in [-0.2, 0) is 0 Å². The summed E-state index contributed by atoms with van der Waals surface area (Å²) in [4.78, 5) is 5.16. The molecule has 96 valence electrons. The topological polar surface area (TPSA) is 18.5 Å². The Morgan fingerprint density at radius 3 is 2.69 bits per heavy atom. The maximum absolute atomic E-state index is 3.31. The van der Waals surface area contributed by atoms with Crippen LogP contribution in [0.2, 0.25) is 0 Å². The lowest BCUT2D eigenvalue weighted by Crippen LogP contribution is -2.42. The molecule has 1 atom stereocenters. The summed E-state index contributed by atoms with van der Waals surface area (Å²) in [5, 5.41) is 3.31. The lowest BCUT2D eigenvalue weighted by molar-refractivity contribution is 0.151. The molecule has 0 bridgehead atoms. The van der Waals surface area contributed by atoms with E-state index in [1.807, 2.05) is 0 Å². The number of likely N-dealkylation sites (N-methyl/N-ethyl adjacent to an activating group) is 1. The zero-order valence-electron chi connectivity index (χ0n) is 11.3. The summed E-state index contributed by atoms with van der Waals surface area (Å²) >= 11 is 0. The molecule has 16 heavy (non-hydrogen) atoms. The van der Waals surface area contributed by atoms with Gasteiger partial charge in [0.05, 0.1) is 0 Å². The standard InChI is InChI=1S/C13H29N3/c1-4-15(5-2)9-10-16-8-6-7-13(12-16)11-14-3/h13-14H,4-12H2,1-3H3. The van der Waals surface area contributed by atoms with E-state index in [-0.39, 0.29) is 0 Å². The molecular formula is C13H29N3. The summed E-state index contributed by atoms with van der Waals surface area (Å²) in [6.07, 6.45) is 2.78. The first-order valence-electron chi connectivity index (χ1n) is 6.89. The minimum atomic E-state index is 0.871. The normalized spacial score (nSPS) is 22.9. The number of nitrogens with one attached hydrogen (secondary N) is 1. The van der Waals surface area contributed by atoms with Crippen molar-refractivity contribution >= 4 is 0 Å². The van der Waals surface area contributed by atoms with E-state index < -0.39 is 0 Å². The first-order valence-corrected chi connectivity index (χ1v) is 6.89. The van der Waals surface area contributed by atoms with Gasteiger partial charge in [-0.15, -0.1) is 0 Å². The lowest BCUT2D eigenvalue weighted by atomic mass is 9.98. The Bertz CT molecular complexity index is 167. The summed E-state index contributed by atoms with van der Waals surface area (Å²) in [6.45, 7) is 13.1. The molecule has 0 spiro atoms. The monoisotopic (exact) mass is 227 g/mol. The van der Waals surface area contributed by atoms with Crippen molar-refractivity contribution in [1.82, 2.24) is 15.1 Å². The average Bonchev–Trinajstić information content (AvgIpc) is 2.31. The predicted molar refractivity (Wildman–Crippen MR) is 70.9 cm³/mol. The first-order chi connectivity index (χ1) is 7.80. The Morgan fingerprint density at radius 1 is 1.31 bits per heavy atom. The van der Waals surface area contributed by atoms with Crippen molar-refractivity contribution in [2.75, 3.05) is 52.9 Å². The van der Waals surface area contributed by atoms with Crippen LogP contribution in [-0.4, -0.2) is 62.7 Å². The predicted octanol–water partition coefficient (Wildman–Crippen LogP) is 1.26. The van der Waals surface area contributed by atoms with E-state index in [0.29, 0.717) is 0 Å². The highest BCUT2D eigenvalue weighted by atomic mass is 15.2. The molecule has 0 aromatic heterocycles. The number of hydrogen-bond acceptors (Lipinski definition) is 3. The molecule has 0 radical (unpaired) electrons. The smallest absolute Gasteiger partial charge is 0.0109 e. The fourth-order valence-electron chi connectivity index (χ4n) is 2.63. The van der Waals surface area contributed by atoms with Gasteiger partial charge in [-0.05, 0) is 52.0 Å². The van der Waals surface area contributed by atoms with Crippen molar-refractivity contribution in [2.24, 2.45) is 5.92 Å². The number of nitrogens with zero attached hydrogens (tertiary/aromatic N) is 2. The molecule has 0 aromatic carbocycles. The van der Waals surface area contributed by atoms with E-state index in [1.54, 1.807) is 0 Å². The number of hydrogen-bond donors (Lipinski definition) is 1. The van der Waals surface area contributed by atoms with E-state index in [9.17, 15) is 0 Å². The Morgan fingerprint density at radius 2 is 2.06 bits per heavy atom. The van der Waals surface area contributed by atoms with Gasteiger partial charge in [0, 0.05) is 19.6 Å². The quantitative estimate of drug-likeness (QED) is 0.706. The SMILES string of the molecule is CCN(CC)CCN1CCCC(CNC)C1. The molecule has 0 aliphatic carbocycles. The molecule has 0 aromatic rings. The molecule has 1 aliphatic rings. The Balaban J connectivity index is 2.20. The largest absolute Gasteiger partial charge is 0.319 e. The molecule has 1 N–H and O–H groups in total. The molecule has 0 amide bonds. The van der Waals surface area contributed by atoms with Gasteiger partial charge in [0.1, 0.15) is 0 Å². The van der Waals surface area contributed by atoms with E-state index in [2.05, 4.69) is 36.0 Å². The van der Waals surface area contributed by atoms with Crippen LogP contribution in [0.15, 0.2) is 0 Å². The fraction of sp³-hybridized carbons (Fsp3) is 1.00. The molecule has 1 unspecified atom stereocenters. The van der Waals surface area contributed by atoms with Crippen LogP contribution in [0.3, 0.4) is 0 Å². The number of likely N-dealkylation sites (tertiary alicyclic amines) is 1. The van der Waals surface area contributed by atoms with Crippen LogP contribution in [0.4, 0.5) is 0 Å². The van der Waals surface area contributed by atoms with Crippen molar-refractivity contribution in [1.29, 1.82) is 0 Å². The summed E-state index contributed by atoms with van der Waals surface area (Å²) in [5.74, 6) is 0.871. The van der Waals surface area contributed by atoms with E-state index in [4.69, 9.17) is 0 Å². The van der Waals surface area contributed by atoms with Crippen LogP contribution in [0.25, 0.3) is 0 Å². The molecule has 0 saturated carbocycles. The average molecular weight is 227 g/mol. The van der Waals surface area contributed by atoms with Crippen molar-refractivity contribution in [3.05, 3.63) is 0 Å². The Hall–Kier alpha value is -0.120. The number of piperidine rings is 1. The van der Waals surface area contributed by atoms with Crippen LogP contribution in [0.5, 0.6) is 0 Å². The molecule has 1 rings (SSSR count). The van der Waals surface area contributed by atoms with Gasteiger partial charge >= 0.3 is 0 Å². The molecule has 1 saturated heterocycles. The summed E-state index contributed by atoms with van der Waals surface area (Å²) in [5.41, 5.74) is 0. The maximum Gasteiger partial charge on any atom is 0.0109 e. The fourth-order valence-corrected chi connectivity index (χ4v) is 2.63. The van der Waals surface area contributed by atoms with Crippen molar-refractivity contribution in [3.8, 4) is 0 Å². The molecule has 1 fully saturated rings. The zero-order chi connectivity index (χ0) is 11.8. The van der Waals surface area contributed by atoms with Gasteiger partial charge in [-0.3, -0.25) is 0 Å². The molecule has 1 heterocycles. The highest BCUT2D eigenvalue weighted by molar-refractivity contribution is 4.74. The third-order valence-electron chi connectivity index (χ3n) is 3.72. The van der Waals surface area contributed by atoms with Crippen LogP contribution < -0.4 is 5.32 Å². The second-order valence-electron chi connectivity index (χ2n) is 4.89. The first kappa shape index (κ1) is 13.9. The van der Waals surface area contributed by atoms with E-state index >= 15 is 0 Å². The Kier molecular flexibility index (Phi) is 7.01. The lowest BCUT2D eigenvalue weighted by Gasteiger charge is -2.34. The van der Waals surface area contributed by atoms with Crippen LogP contribution in [0, 0.1) is 5.92 Å². The van der Waals surface area contributed by atoms with Crippen molar-refractivity contribution in [3.63, 3.8) is 0 Å². The minimum absolute atomic E-state index is 0.871. The molecule has 3 heteroatoms. The summed E-state index contributed by atoms with van der Waals surface area (Å²) in [6, 6.07) is 0. The van der Waals surface area contributed by atoms with Gasteiger partial charge < -0.3 is 15.1 Å². The molecule has 1 aliphatic heterocycles. The van der Waals surface area contributed by atoms with Crippen LogP contribution >= 0.6 is 0 Å².